The molecule has 10 nitrogen and oxygen atoms in total. The molecule has 5 aromatic rings. The van der Waals surface area contributed by atoms with Crippen LogP contribution >= 0.6 is 0 Å². The summed E-state index contributed by atoms with van der Waals surface area (Å²) in [4.78, 5) is 24.4. The van der Waals surface area contributed by atoms with Crippen LogP contribution in [-0.4, -0.2) is 68.1 Å². The molecule has 2 aliphatic rings. The number of nitrogens with zero attached hydrogens (tertiary/aromatic N) is 6. The van der Waals surface area contributed by atoms with Crippen molar-refractivity contribution < 1.29 is 23.4 Å². The SMILES string of the molecule is COC(=O)c1ccc2nc(CN3CCC(c4cccc(OCc5ccc(-c6cnn(C)c6)cc5F)n4)CC3)n(C[C@@H]3CCO3)c2c1. The van der Waals surface area contributed by atoms with Crippen LogP contribution in [0.3, 0.4) is 0 Å². The maximum absolute atomic E-state index is 14.9. The molecule has 46 heavy (non-hydrogen) atoms. The van der Waals surface area contributed by atoms with Crippen LogP contribution in [0, 0.1) is 5.82 Å². The van der Waals surface area contributed by atoms with Crippen molar-refractivity contribution in [3.8, 4) is 17.0 Å². The van der Waals surface area contributed by atoms with Gasteiger partial charge >= 0.3 is 5.97 Å². The van der Waals surface area contributed by atoms with Gasteiger partial charge in [-0.2, -0.15) is 5.10 Å². The predicted octanol–water partition coefficient (Wildman–Crippen LogP) is 5.51. The molecular formula is C35H37FN6O4. The zero-order valence-corrected chi connectivity index (χ0v) is 26.1. The Morgan fingerprint density at radius 2 is 1.89 bits per heavy atom. The highest BCUT2D eigenvalue weighted by Gasteiger charge is 2.26. The van der Waals surface area contributed by atoms with E-state index in [4.69, 9.17) is 24.2 Å². The first kappa shape index (κ1) is 30.1. The third-order valence-corrected chi connectivity index (χ3v) is 9.01. The number of imidazole rings is 1. The van der Waals surface area contributed by atoms with Crippen LogP contribution in [0.5, 0.6) is 5.88 Å². The Kier molecular flexibility index (Phi) is 8.51. The molecule has 5 heterocycles. The number of hydrogen-bond donors (Lipinski definition) is 0. The molecular weight excluding hydrogens is 587 g/mol. The van der Waals surface area contributed by atoms with E-state index < -0.39 is 0 Å². The van der Waals surface area contributed by atoms with Crippen molar-refractivity contribution in [2.24, 2.45) is 7.05 Å². The summed E-state index contributed by atoms with van der Waals surface area (Å²) in [6, 6.07) is 16.5. The fourth-order valence-corrected chi connectivity index (χ4v) is 6.27. The topological polar surface area (TPSA) is 96.5 Å². The number of pyridine rings is 1. The normalized spacial score (nSPS) is 17.2. The number of ether oxygens (including phenoxy) is 3. The van der Waals surface area contributed by atoms with Crippen molar-refractivity contribution in [2.45, 2.75) is 51.0 Å². The standard InChI is InChI=1S/C35H37FN6O4/c1-40-19-27(18-37-40)24-6-7-26(29(36)16-24)22-46-34-5-3-4-30(39-34)23-10-13-41(14-11-23)21-33-38-31-9-8-25(35(43)44-2)17-32(31)42(33)20-28-12-15-45-28/h3-9,16-19,23,28H,10-15,20-22H2,1-2H3/t28-/m0/s1. The number of halogens is 1. The number of rotatable bonds is 10. The molecule has 1 atom stereocenters. The smallest absolute Gasteiger partial charge is 0.337 e. The lowest BCUT2D eigenvalue weighted by Crippen LogP contribution is -2.35. The van der Waals surface area contributed by atoms with Gasteiger partial charge < -0.3 is 18.8 Å². The van der Waals surface area contributed by atoms with Gasteiger partial charge in [0.1, 0.15) is 18.2 Å². The van der Waals surface area contributed by atoms with Crippen LogP contribution in [0.15, 0.2) is 67.0 Å². The minimum absolute atomic E-state index is 0.0993. The van der Waals surface area contributed by atoms with Crippen molar-refractivity contribution in [2.75, 3.05) is 26.8 Å². The van der Waals surface area contributed by atoms with E-state index in [1.165, 1.54) is 13.2 Å². The lowest BCUT2D eigenvalue weighted by Gasteiger charge is -2.32. The number of aromatic nitrogens is 5. The van der Waals surface area contributed by atoms with Gasteiger partial charge in [-0.3, -0.25) is 9.58 Å². The minimum Gasteiger partial charge on any atom is -0.473 e. The number of esters is 1. The highest BCUT2D eigenvalue weighted by molar-refractivity contribution is 5.93. The highest BCUT2D eigenvalue weighted by atomic mass is 19.1. The largest absolute Gasteiger partial charge is 0.473 e. The Morgan fingerprint density at radius 1 is 1.04 bits per heavy atom. The molecule has 0 spiro atoms. The van der Waals surface area contributed by atoms with E-state index in [-0.39, 0.29) is 24.5 Å². The molecule has 3 aromatic heterocycles. The van der Waals surface area contributed by atoms with Crippen molar-refractivity contribution >= 4 is 17.0 Å². The van der Waals surface area contributed by atoms with Gasteiger partial charge in [0.05, 0.1) is 49.1 Å². The second-order valence-corrected chi connectivity index (χ2v) is 12.1. The lowest BCUT2D eigenvalue weighted by molar-refractivity contribution is -0.0592. The van der Waals surface area contributed by atoms with Gasteiger partial charge in [-0.15, -0.1) is 0 Å². The van der Waals surface area contributed by atoms with Crippen molar-refractivity contribution in [3.05, 3.63) is 95.5 Å². The Labute approximate surface area is 266 Å². The average Bonchev–Trinajstić information content (AvgIpc) is 3.64. The van der Waals surface area contributed by atoms with E-state index >= 15 is 0 Å². The molecule has 0 bridgehead atoms. The second-order valence-electron chi connectivity index (χ2n) is 12.1. The number of carbonyl (C=O) groups excluding carboxylic acids is 1. The summed E-state index contributed by atoms with van der Waals surface area (Å²) in [5.41, 5.74) is 5.42. The Balaban J connectivity index is 0.984. The lowest BCUT2D eigenvalue weighted by atomic mass is 9.93. The maximum Gasteiger partial charge on any atom is 0.337 e. The molecule has 2 fully saturated rings. The third-order valence-electron chi connectivity index (χ3n) is 9.01. The minimum atomic E-state index is -0.358. The maximum atomic E-state index is 14.9. The highest BCUT2D eigenvalue weighted by Crippen LogP contribution is 2.30. The Morgan fingerprint density at radius 3 is 2.61 bits per heavy atom. The van der Waals surface area contributed by atoms with E-state index in [0.717, 1.165) is 72.6 Å². The van der Waals surface area contributed by atoms with Crippen molar-refractivity contribution in [1.82, 2.24) is 29.2 Å². The molecule has 238 valence electrons. The van der Waals surface area contributed by atoms with Gasteiger partial charge in [-0.05, 0) is 68.2 Å². The summed E-state index contributed by atoms with van der Waals surface area (Å²) in [6.07, 6.45) is 6.67. The van der Waals surface area contributed by atoms with E-state index in [0.29, 0.717) is 36.0 Å². The van der Waals surface area contributed by atoms with Crippen LogP contribution in [0.2, 0.25) is 0 Å². The monoisotopic (exact) mass is 624 g/mol. The van der Waals surface area contributed by atoms with Gasteiger partial charge in [-0.1, -0.05) is 18.2 Å². The van der Waals surface area contributed by atoms with Gasteiger partial charge in [-0.25, -0.2) is 19.2 Å². The zero-order valence-electron chi connectivity index (χ0n) is 26.1. The van der Waals surface area contributed by atoms with Crippen LogP contribution in [0.4, 0.5) is 4.39 Å². The van der Waals surface area contributed by atoms with E-state index in [9.17, 15) is 9.18 Å². The Hall–Kier alpha value is -4.61. The van der Waals surface area contributed by atoms with Gasteiger partial charge in [0.15, 0.2) is 0 Å². The summed E-state index contributed by atoms with van der Waals surface area (Å²) < 4.78 is 35.4. The zero-order chi connectivity index (χ0) is 31.6. The average molecular weight is 625 g/mol. The number of piperidine rings is 1. The van der Waals surface area contributed by atoms with Crippen molar-refractivity contribution in [1.29, 1.82) is 0 Å². The van der Waals surface area contributed by atoms with Crippen molar-refractivity contribution in [3.63, 3.8) is 0 Å². The van der Waals surface area contributed by atoms with E-state index in [2.05, 4.69) is 14.6 Å². The van der Waals surface area contributed by atoms with Crippen LogP contribution in [-0.2, 0) is 36.2 Å². The third kappa shape index (κ3) is 6.38. The quantitative estimate of drug-likeness (QED) is 0.188. The van der Waals surface area contributed by atoms with Gasteiger partial charge in [0.25, 0.3) is 0 Å². The van der Waals surface area contributed by atoms with Gasteiger partial charge in [0.2, 0.25) is 5.88 Å². The first-order valence-electron chi connectivity index (χ1n) is 15.7. The molecule has 0 unspecified atom stereocenters. The first-order valence-corrected chi connectivity index (χ1v) is 15.7. The number of benzene rings is 2. The molecule has 2 aliphatic heterocycles. The number of hydrogen-bond acceptors (Lipinski definition) is 8. The number of fused-ring (bicyclic) bond motifs is 1. The summed E-state index contributed by atoms with van der Waals surface area (Å²) >= 11 is 0. The van der Waals surface area contributed by atoms with E-state index in [1.807, 2.05) is 49.6 Å². The fraction of sp³-hybridized carbons (Fsp3) is 0.371. The predicted molar refractivity (Wildman–Crippen MR) is 170 cm³/mol. The number of carbonyl (C=O) groups is 1. The second kappa shape index (κ2) is 13.0. The summed E-state index contributed by atoms with van der Waals surface area (Å²) in [6.45, 7) is 4.11. The van der Waals surface area contributed by atoms with Crippen LogP contribution in [0.1, 0.15) is 52.6 Å². The first-order chi connectivity index (χ1) is 22.4. The van der Waals surface area contributed by atoms with Crippen LogP contribution in [0.25, 0.3) is 22.2 Å². The molecule has 7 rings (SSSR count). The molecule has 0 radical (unpaired) electrons. The molecule has 0 amide bonds. The molecule has 0 aliphatic carbocycles. The number of likely N-dealkylation sites (tertiary alicyclic amines) is 1. The Bertz CT molecular complexity index is 1860. The van der Waals surface area contributed by atoms with Crippen LogP contribution < -0.4 is 4.74 Å². The number of aryl methyl sites for hydroxylation is 1. The molecule has 0 N–H and O–H groups in total. The molecule has 0 saturated carbocycles. The van der Waals surface area contributed by atoms with Gasteiger partial charge in [0, 0.05) is 48.7 Å². The summed E-state index contributed by atoms with van der Waals surface area (Å²) in [7, 11) is 3.23. The number of methoxy groups -OCH3 is 1. The molecule has 2 saturated heterocycles. The molecule has 2 aromatic carbocycles. The van der Waals surface area contributed by atoms with E-state index in [1.54, 1.807) is 23.0 Å². The summed E-state index contributed by atoms with van der Waals surface area (Å²) in [5.74, 6) is 1.10. The fourth-order valence-electron chi connectivity index (χ4n) is 6.27. The molecule has 11 heteroatoms. The summed E-state index contributed by atoms with van der Waals surface area (Å²) in [5, 5.41) is 4.16.